The highest BCUT2D eigenvalue weighted by atomic mass is 32.2. The number of hydrogen-bond donors (Lipinski definition) is 0. The van der Waals surface area contributed by atoms with Crippen molar-refractivity contribution >= 4 is 15.7 Å². The van der Waals surface area contributed by atoms with E-state index in [0.29, 0.717) is 19.0 Å². The fourth-order valence-corrected chi connectivity index (χ4v) is 2.20. The number of nitrogens with zero attached hydrogens (tertiary/aromatic N) is 1. The van der Waals surface area contributed by atoms with Crippen LogP contribution in [0.2, 0.25) is 0 Å². The summed E-state index contributed by atoms with van der Waals surface area (Å²) in [6.07, 6.45) is 3.06. The summed E-state index contributed by atoms with van der Waals surface area (Å²) < 4.78 is 21.8. The van der Waals surface area contributed by atoms with Crippen molar-refractivity contribution < 1.29 is 13.2 Å². The minimum Gasteiger partial charge on any atom is -0.342 e. The molecule has 5 heteroatoms. The molecule has 1 heterocycles. The summed E-state index contributed by atoms with van der Waals surface area (Å²) in [6, 6.07) is 0. The number of sulfone groups is 1. The van der Waals surface area contributed by atoms with Crippen molar-refractivity contribution in [2.75, 3.05) is 25.1 Å². The van der Waals surface area contributed by atoms with Crippen LogP contribution in [-0.2, 0) is 14.6 Å². The first kappa shape index (κ1) is 11.5. The maximum Gasteiger partial charge on any atom is 0.237 e. The second-order valence-electron chi connectivity index (χ2n) is 4.13. The van der Waals surface area contributed by atoms with E-state index in [1.807, 2.05) is 0 Å². The Hall–Kier alpha value is -0.580. The zero-order valence-corrected chi connectivity index (χ0v) is 9.51. The van der Waals surface area contributed by atoms with Crippen molar-refractivity contribution in [2.45, 2.75) is 19.8 Å². The molecule has 1 amide bonds. The molecule has 1 rings (SSSR count). The third-order valence-corrected chi connectivity index (χ3v) is 3.29. The van der Waals surface area contributed by atoms with Gasteiger partial charge in [0, 0.05) is 19.3 Å². The van der Waals surface area contributed by atoms with Gasteiger partial charge in [-0.25, -0.2) is 8.42 Å². The van der Waals surface area contributed by atoms with Gasteiger partial charge in [0.25, 0.3) is 0 Å². The molecular weight excluding hydrogens is 202 g/mol. The number of likely N-dealkylation sites (tertiary alicyclic amines) is 1. The molecule has 0 aromatic heterocycles. The quantitative estimate of drug-likeness (QED) is 0.670. The van der Waals surface area contributed by atoms with Crippen LogP contribution in [0.3, 0.4) is 0 Å². The standard InChI is InChI=1S/C9H17NO3S/c1-8-3-5-10(6-4-8)9(11)7-14(2,12)13/h8H,3-7H2,1-2H3. The third kappa shape index (κ3) is 3.65. The molecule has 14 heavy (non-hydrogen) atoms. The maximum atomic E-state index is 11.5. The van der Waals surface area contributed by atoms with E-state index < -0.39 is 9.84 Å². The van der Waals surface area contributed by atoms with Gasteiger partial charge in [-0.1, -0.05) is 6.92 Å². The van der Waals surface area contributed by atoms with E-state index in [0.717, 1.165) is 19.1 Å². The second kappa shape index (κ2) is 4.29. The largest absolute Gasteiger partial charge is 0.342 e. The normalized spacial score (nSPS) is 19.7. The fourth-order valence-electron chi connectivity index (χ4n) is 1.57. The monoisotopic (exact) mass is 219 g/mol. The van der Waals surface area contributed by atoms with Crippen LogP contribution in [0.15, 0.2) is 0 Å². The Kier molecular flexibility index (Phi) is 3.53. The van der Waals surface area contributed by atoms with E-state index in [9.17, 15) is 13.2 Å². The van der Waals surface area contributed by atoms with Crippen molar-refractivity contribution in [1.82, 2.24) is 4.90 Å². The molecule has 82 valence electrons. The molecule has 0 aliphatic carbocycles. The van der Waals surface area contributed by atoms with Gasteiger partial charge in [0.2, 0.25) is 5.91 Å². The zero-order chi connectivity index (χ0) is 10.8. The molecule has 0 bridgehead atoms. The van der Waals surface area contributed by atoms with Crippen LogP contribution in [0.4, 0.5) is 0 Å². The van der Waals surface area contributed by atoms with E-state index in [2.05, 4.69) is 6.92 Å². The summed E-state index contributed by atoms with van der Waals surface area (Å²) in [7, 11) is -3.18. The third-order valence-electron chi connectivity index (χ3n) is 2.52. The summed E-state index contributed by atoms with van der Waals surface area (Å²) in [5, 5.41) is 0. The molecule has 0 N–H and O–H groups in total. The van der Waals surface area contributed by atoms with E-state index in [1.165, 1.54) is 0 Å². The summed E-state index contributed by atoms with van der Waals surface area (Å²) in [5.41, 5.74) is 0. The van der Waals surface area contributed by atoms with Crippen LogP contribution < -0.4 is 0 Å². The topological polar surface area (TPSA) is 54.5 Å². The Morgan fingerprint density at radius 2 is 1.86 bits per heavy atom. The lowest BCUT2D eigenvalue weighted by molar-refractivity contribution is -0.129. The number of amides is 1. The van der Waals surface area contributed by atoms with Crippen LogP contribution in [0.1, 0.15) is 19.8 Å². The van der Waals surface area contributed by atoms with Crippen LogP contribution in [0.25, 0.3) is 0 Å². The molecule has 1 fully saturated rings. The summed E-state index contributed by atoms with van der Waals surface area (Å²) in [5.74, 6) is 0.0539. The van der Waals surface area contributed by atoms with Crippen molar-refractivity contribution in [2.24, 2.45) is 5.92 Å². The minimum atomic E-state index is -3.18. The van der Waals surface area contributed by atoms with Crippen molar-refractivity contribution in [1.29, 1.82) is 0 Å². The van der Waals surface area contributed by atoms with Gasteiger partial charge in [-0.05, 0) is 18.8 Å². The Labute approximate surface area is 85.2 Å². The van der Waals surface area contributed by atoms with Gasteiger partial charge in [-0.15, -0.1) is 0 Å². The Balaban J connectivity index is 2.46. The molecule has 1 aliphatic heterocycles. The molecule has 0 unspecified atom stereocenters. The number of piperidine rings is 1. The van der Waals surface area contributed by atoms with Gasteiger partial charge in [0.1, 0.15) is 5.75 Å². The van der Waals surface area contributed by atoms with Gasteiger partial charge in [0.15, 0.2) is 9.84 Å². The molecular formula is C9H17NO3S. The first-order valence-electron chi connectivity index (χ1n) is 4.84. The molecule has 0 spiro atoms. The summed E-state index contributed by atoms with van der Waals surface area (Å²) >= 11 is 0. The average Bonchev–Trinajstić information content (AvgIpc) is 2.02. The first-order valence-corrected chi connectivity index (χ1v) is 6.90. The van der Waals surface area contributed by atoms with Crippen LogP contribution in [0, 0.1) is 5.92 Å². The van der Waals surface area contributed by atoms with Gasteiger partial charge in [-0.3, -0.25) is 4.79 Å². The van der Waals surface area contributed by atoms with Crippen LogP contribution in [-0.4, -0.2) is 44.3 Å². The maximum absolute atomic E-state index is 11.5. The lowest BCUT2D eigenvalue weighted by atomic mass is 9.99. The molecule has 0 atom stereocenters. The van der Waals surface area contributed by atoms with E-state index in [4.69, 9.17) is 0 Å². The average molecular weight is 219 g/mol. The molecule has 0 saturated carbocycles. The number of carbonyl (C=O) groups excluding carboxylic acids is 1. The van der Waals surface area contributed by atoms with Crippen molar-refractivity contribution in [3.8, 4) is 0 Å². The van der Waals surface area contributed by atoms with E-state index >= 15 is 0 Å². The molecule has 1 saturated heterocycles. The van der Waals surface area contributed by atoms with Gasteiger partial charge >= 0.3 is 0 Å². The molecule has 0 radical (unpaired) electrons. The Morgan fingerprint density at radius 3 is 2.29 bits per heavy atom. The second-order valence-corrected chi connectivity index (χ2v) is 6.27. The lowest BCUT2D eigenvalue weighted by Gasteiger charge is -2.30. The number of rotatable bonds is 2. The minimum absolute atomic E-state index is 0.251. The van der Waals surface area contributed by atoms with Gasteiger partial charge in [0.05, 0.1) is 0 Å². The van der Waals surface area contributed by atoms with E-state index in [-0.39, 0.29) is 11.7 Å². The number of carbonyl (C=O) groups is 1. The highest BCUT2D eigenvalue weighted by Crippen LogP contribution is 2.16. The molecule has 0 aromatic carbocycles. The highest BCUT2D eigenvalue weighted by molar-refractivity contribution is 7.91. The van der Waals surface area contributed by atoms with Crippen molar-refractivity contribution in [3.05, 3.63) is 0 Å². The van der Waals surface area contributed by atoms with Crippen LogP contribution >= 0.6 is 0 Å². The van der Waals surface area contributed by atoms with Gasteiger partial charge < -0.3 is 4.90 Å². The lowest BCUT2D eigenvalue weighted by Crippen LogP contribution is -2.40. The Morgan fingerprint density at radius 1 is 1.36 bits per heavy atom. The molecule has 0 aromatic rings. The fraction of sp³-hybridized carbons (Fsp3) is 0.889. The number of hydrogen-bond acceptors (Lipinski definition) is 3. The smallest absolute Gasteiger partial charge is 0.237 e. The predicted molar refractivity (Wildman–Crippen MR) is 54.7 cm³/mol. The Bertz CT molecular complexity index is 302. The first-order chi connectivity index (χ1) is 6.38. The zero-order valence-electron chi connectivity index (χ0n) is 8.69. The SMILES string of the molecule is CC1CCN(C(=O)CS(C)(=O)=O)CC1. The predicted octanol–water partition coefficient (Wildman–Crippen LogP) is 0.290. The summed E-state index contributed by atoms with van der Waals surface area (Å²) in [6.45, 7) is 3.56. The van der Waals surface area contributed by atoms with Crippen LogP contribution in [0.5, 0.6) is 0 Å². The highest BCUT2D eigenvalue weighted by Gasteiger charge is 2.22. The molecule has 1 aliphatic rings. The van der Waals surface area contributed by atoms with Crippen molar-refractivity contribution in [3.63, 3.8) is 0 Å². The molecule has 4 nitrogen and oxygen atoms in total. The van der Waals surface area contributed by atoms with Gasteiger partial charge in [-0.2, -0.15) is 0 Å². The van der Waals surface area contributed by atoms with E-state index in [1.54, 1.807) is 4.90 Å². The summed E-state index contributed by atoms with van der Waals surface area (Å²) in [4.78, 5) is 13.1.